The highest BCUT2D eigenvalue weighted by molar-refractivity contribution is 5.92. The number of benzene rings is 3. The lowest BCUT2D eigenvalue weighted by molar-refractivity contribution is 0.586. The summed E-state index contributed by atoms with van der Waals surface area (Å²) >= 11 is 0. The maximum absolute atomic E-state index is 14.2. The highest BCUT2D eigenvalue weighted by Crippen LogP contribution is 2.30. The molecule has 0 aliphatic carbocycles. The lowest BCUT2D eigenvalue weighted by Crippen LogP contribution is -2.10. The van der Waals surface area contributed by atoms with E-state index >= 15 is 0 Å². The van der Waals surface area contributed by atoms with Gasteiger partial charge in [-0.15, -0.1) is 0 Å². The van der Waals surface area contributed by atoms with E-state index < -0.39 is 11.6 Å². The standard InChI is InChI=1S/C24H21F2N3/c1-24(2,3)16-10-8-15(9-11-16)22-27-20-7-5-4-6-18(20)23(29-22)28-21-13-12-17(25)14-19(21)26/h4-14H,1-3H3,(H,27,28,29). The Morgan fingerprint density at radius 3 is 2.24 bits per heavy atom. The van der Waals surface area contributed by atoms with Gasteiger partial charge in [0.2, 0.25) is 0 Å². The van der Waals surface area contributed by atoms with E-state index in [0.29, 0.717) is 11.6 Å². The number of nitrogens with one attached hydrogen (secondary N) is 1. The Morgan fingerprint density at radius 1 is 0.828 bits per heavy atom. The molecule has 0 unspecified atom stereocenters. The lowest BCUT2D eigenvalue weighted by Gasteiger charge is -2.19. The van der Waals surface area contributed by atoms with E-state index in [1.54, 1.807) is 0 Å². The van der Waals surface area contributed by atoms with Crippen LogP contribution in [0, 0.1) is 11.6 Å². The predicted octanol–water partition coefficient (Wildman–Crippen LogP) is 6.62. The van der Waals surface area contributed by atoms with Crippen LogP contribution >= 0.6 is 0 Å². The number of aromatic nitrogens is 2. The van der Waals surface area contributed by atoms with Gasteiger partial charge in [0, 0.05) is 17.0 Å². The first-order valence-electron chi connectivity index (χ1n) is 9.41. The van der Waals surface area contributed by atoms with Crippen LogP contribution in [0.3, 0.4) is 0 Å². The van der Waals surface area contributed by atoms with Gasteiger partial charge in [-0.05, 0) is 35.2 Å². The van der Waals surface area contributed by atoms with Gasteiger partial charge in [0.1, 0.15) is 17.5 Å². The Balaban J connectivity index is 1.80. The summed E-state index contributed by atoms with van der Waals surface area (Å²) in [5, 5.41) is 3.75. The molecule has 1 heterocycles. The van der Waals surface area contributed by atoms with Crippen LogP contribution in [0.25, 0.3) is 22.3 Å². The van der Waals surface area contributed by atoms with Crippen molar-refractivity contribution in [3.63, 3.8) is 0 Å². The minimum atomic E-state index is -0.677. The summed E-state index contributed by atoms with van der Waals surface area (Å²) in [4.78, 5) is 9.31. The molecule has 4 rings (SSSR count). The first-order chi connectivity index (χ1) is 13.8. The topological polar surface area (TPSA) is 37.8 Å². The van der Waals surface area contributed by atoms with Gasteiger partial charge in [-0.3, -0.25) is 0 Å². The van der Waals surface area contributed by atoms with E-state index in [0.717, 1.165) is 22.5 Å². The highest BCUT2D eigenvalue weighted by Gasteiger charge is 2.15. The molecular formula is C24H21F2N3. The minimum Gasteiger partial charge on any atom is -0.337 e. The van der Waals surface area contributed by atoms with Crippen molar-refractivity contribution in [1.82, 2.24) is 9.97 Å². The van der Waals surface area contributed by atoms with Crippen molar-refractivity contribution in [2.45, 2.75) is 26.2 Å². The average molecular weight is 389 g/mol. The van der Waals surface area contributed by atoms with Crippen LogP contribution in [-0.4, -0.2) is 9.97 Å². The molecule has 0 saturated heterocycles. The van der Waals surface area contributed by atoms with E-state index in [1.165, 1.54) is 17.7 Å². The van der Waals surface area contributed by atoms with Gasteiger partial charge in [-0.1, -0.05) is 57.2 Å². The van der Waals surface area contributed by atoms with Crippen molar-refractivity contribution in [3.8, 4) is 11.4 Å². The van der Waals surface area contributed by atoms with Gasteiger partial charge in [-0.2, -0.15) is 0 Å². The number of hydrogen-bond acceptors (Lipinski definition) is 3. The van der Waals surface area contributed by atoms with Crippen molar-refractivity contribution in [1.29, 1.82) is 0 Å². The van der Waals surface area contributed by atoms with Gasteiger partial charge in [-0.25, -0.2) is 18.7 Å². The van der Waals surface area contributed by atoms with Crippen molar-refractivity contribution < 1.29 is 8.78 Å². The van der Waals surface area contributed by atoms with Gasteiger partial charge in [0.05, 0.1) is 11.2 Å². The number of nitrogens with zero attached hydrogens (tertiary/aromatic N) is 2. The normalized spacial score (nSPS) is 11.6. The second-order valence-corrected chi connectivity index (χ2v) is 7.99. The van der Waals surface area contributed by atoms with Crippen LogP contribution in [0.5, 0.6) is 0 Å². The molecular weight excluding hydrogens is 368 g/mol. The van der Waals surface area contributed by atoms with Crippen LogP contribution < -0.4 is 5.32 Å². The summed E-state index contributed by atoms with van der Waals surface area (Å²) in [6.07, 6.45) is 0. The zero-order valence-corrected chi connectivity index (χ0v) is 16.5. The molecule has 146 valence electrons. The molecule has 0 spiro atoms. The number of anilines is 2. The number of rotatable bonds is 3. The maximum atomic E-state index is 14.2. The molecule has 0 aliphatic rings. The van der Waals surface area contributed by atoms with E-state index in [-0.39, 0.29) is 11.1 Å². The fourth-order valence-electron chi connectivity index (χ4n) is 3.14. The van der Waals surface area contributed by atoms with Gasteiger partial charge in [0.15, 0.2) is 5.82 Å². The first kappa shape index (κ1) is 19.0. The molecule has 0 aliphatic heterocycles. The molecule has 4 aromatic rings. The molecule has 0 atom stereocenters. The fraction of sp³-hybridized carbons (Fsp3) is 0.167. The number of fused-ring (bicyclic) bond motifs is 1. The van der Waals surface area contributed by atoms with Crippen LogP contribution in [0.4, 0.5) is 20.3 Å². The molecule has 0 bridgehead atoms. The quantitative estimate of drug-likeness (QED) is 0.428. The third kappa shape index (κ3) is 3.94. The Morgan fingerprint density at radius 2 is 1.55 bits per heavy atom. The Labute approximate surface area is 168 Å². The largest absolute Gasteiger partial charge is 0.337 e. The van der Waals surface area contributed by atoms with Crippen molar-refractivity contribution >= 4 is 22.4 Å². The van der Waals surface area contributed by atoms with Crippen molar-refractivity contribution in [2.75, 3.05) is 5.32 Å². The zero-order chi connectivity index (χ0) is 20.6. The summed E-state index contributed by atoms with van der Waals surface area (Å²) in [6.45, 7) is 6.48. The zero-order valence-electron chi connectivity index (χ0n) is 16.5. The van der Waals surface area contributed by atoms with Crippen LogP contribution in [0.15, 0.2) is 66.7 Å². The monoisotopic (exact) mass is 389 g/mol. The second kappa shape index (κ2) is 7.24. The Kier molecular flexibility index (Phi) is 4.74. The predicted molar refractivity (Wildman–Crippen MR) is 113 cm³/mol. The van der Waals surface area contributed by atoms with Crippen LogP contribution in [0.2, 0.25) is 0 Å². The van der Waals surface area contributed by atoms with Crippen molar-refractivity contribution in [3.05, 3.63) is 83.9 Å². The van der Waals surface area contributed by atoms with Crippen LogP contribution in [0.1, 0.15) is 26.3 Å². The highest BCUT2D eigenvalue weighted by atomic mass is 19.1. The molecule has 3 aromatic carbocycles. The lowest BCUT2D eigenvalue weighted by atomic mass is 9.87. The third-order valence-corrected chi connectivity index (χ3v) is 4.80. The maximum Gasteiger partial charge on any atom is 0.162 e. The molecule has 0 saturated carbocycles. The molecule has 0 amide bonds. The van der Waals surface area contributed by atoms with Gasteiger partial charge >= 0.3 is 0 Å². The number of para-hydroxylation sites is 1. The van der Waals surface area contributed by atoms with E-state index in [4.69, 9.17) is 0 Å². The van der Waals surface area contributed by atoms with E-state index in [1.807, 2.05) is 36.4 Å². The number of hydrogen-bond donors (Lipinski definition) is 1. The van der Waals surface area contributed by atoms with E-state index in [2.05, 4.69) is 48.2 Å². The summed E-state index contributed by atoms with van der Waals surface area (Å²) in [6, 6.07) is 19.1. The summed E-state index contributed by atoms with van der Waals surface area (Å²) in [5.74, 6) is -0.297. The van der Waals surface area contributed by atoms with Gasteiger partial charge in [0.25, 0.3) is 0 Å². The molecule has 29 heavy (non-hydrogen) atoms. The molecule has 1 aromatic heterocycles. The summed E-state index contributed by atoms with van der Waals surface area (Å²) < 4.78 is 27.4. The molecule has 3 nitrogen and oxygen atoms in total. The fourth-order valence-corrected chi connectivity index (χ4v) is 3.14. The first-order valence-corrected chi connectivity index (χ1v) is 9.41. The Hall–Kier alpha value is -3.34. The summed E-state index contributed by atoms with van der Waals surface area (Å²) in [5.41, 5.74) is 3.03. The van der Waals surface area contributed by atoms with Gasteiger partial charge < -0.3 is 5.32 Å². The number of halogens is 2. The van der Waals surface area contributed by atoms with E-state index in [9.17, 15) is 8.78 Å². The molecule has 5 heteroatoms. The molecule has 1 N–H and O–H groups in total. The minimum absolute atomic E-state index is 0.0512. The molecule has 0 fully saturated rings. The smallest absolute Gasteiger partial charge is 0.162 e. The van der Waals surface area contributed by atoms with Crippen LogP contribution in [-0.2, 0) is 5.41 Å². The second-order valence-electron chi connectivity index (χ2n) is 7.99. The Bertz CT molecular complexity index is 1180. The SMILES string of the molecule is CC(C)(C)c1ccc(-c2nc(Nc3ccc(F)cc3F)c3ccccc3n2)cc1. The van der Waals surface area contributed by atoms with Crippen molar-refractivity contribution in [2.24, 2.45) is 0 Å². The summed E-state index contributed by atoms with van der Waals surface area (Å²) in [7, 11) is 0. The third-order valence-electron chi connectivity index (χ3n) is 4.80. The average Bonchev–Trinajstić information content (AvgIpc) is 2.69. The molecule has 0 radical (unpaired) electrons.